The van der Waals surface area contributed by atoms with Gasteiger partial charge in [0, 0.05) is 36.1 Å². The van der Waals surface area contributed by atoms with Gasteiger partial charge in [-0.15, -0.1) is 0 Å². The summed E-state index contributed by atoms with van der Waals surface area (Å²) in [5.74, 6) is 1.99. The quantitative estimate of drug-likeness (QED) is 0.204. The van der Waals surface area contributed by atoms with Crippen molar-refractivity contribution >= 4 is 11.4 Å². The van der Waals surface area contributed by atoms with Crippen LogP contribution in [0.25, 0.3) is 0 Å². The Morgan fingerprint density at radius 2 is 1.00 bits per heavy atom. The summed E-state index contributed by atoms with van der Waals surface area (Å²) < 4.78 is 29.0. The van der Waals surface area contributed by atoms with Gasteiger partial charge in [-0.25, -0.2) is 0 Å². The molecule has 7 heteroatoms. The molecule has 0 atom stereocenters. The van der Waals surface area contributed by atoms with Crippen molar-refractivity contribution in [2.45, 2.75) is 112 Å². The minimum absolute atomic E-state index is 0.155. The Labute approximate surface area is 321 Å². The van der Waals surface area contributed by atoms with Crippen LogP contribution in [0.5, 0.6) is 11.5 Å². The molecular weight excluding hydrogens is 673 g/mol. The number of anilines is 2. The molecule has 0 saturated heterocycles. The number of nitrogens with zero attached hydrogens (tertiary/aromatic N) is 2. The van der Waals surface area contributed by atoms with Crippen molar-refractivity contribution in [2.24, 2.45) is 0 Å². The lowest BCUT2D eigenvalue weighted by Gasteiger charge is -2.43. The largest absolute Gasteiger partial charge is 0.457 e. The molecule has 7 nitrogen and oxygen atoms in total. The molecule has 0 bridgehead atoms. The van der Waals surface area contributed by atoms with Crippen molar-refractivity contribution in [1.82, 2.24) is 0 Å². The molecule has 2 spiro atoms. The number of allylic oxidation sites excluding steroid dienone is 3. The molecule has 0 radical (unpaired) electrons. The smallest absolute Gasteiger partial charge is 0.312 e. The summed E-state index contributed by atoms with van der Waals surface area (Å²) in [7, 11) is 0. The topological polar surface area (TPSA) is 52.6 Å². The number of benzene rings is 4. The molecule has 4 aromatic rings. The Morgan fingerprint density at radius 1 is 0.537 bits per heavy atom. The lowest BCUT2D eigenvalue weighted by atomic mass is 9.93. The summed E-state index contributed by atoms with van der Waals surface area (Å²) in [4.78, 5) is 4.91. The van der Waals surface area contributed by atoms with Gasteiger partial charge in [-0.1, -0.05) is 67.1 Å². The van der Waals surface area contributed by atoms with Crippen LogP contribution in [0.15, 0.2) is 121 Å². The van der Waals surface area contributed by atoms with Gasteiger partial charge in [0.2, 0.25) is 5.79 Å². The maximum atomic E-state index is 6.13. The van der Waals surface area contributed by atoms with Crippen molar-refractivity contribution in [2.75, 3.05) is 9.80 Å². The van der Waals surface area contributed by atoms with Gasteiger partial charge in [-0.3, -0.25) is 0 Å². The Morgan fingerprint density at radius 3 is 1.50 bits per heavy atom. The van der Waals surface area contributed by atoms with Gasteiger partial charge in [0.15, 0.2) is 0 Å². The fourth-order valence-corrected chi connectivity index (χ4v) is 8.47. The fraction of sp³-hybridized carbons (Fsp3) is 0.362. The van der Waals surface area contributed by atoms with Crippen LogP contribution in [-0.4, -0.2) is 11.4 Å². The molecule has 0 unspecified atom stereocenters. The van der Waals surface area contributed by atoms with Crippen molar-refractivity contribution in [3.63, 3.8) is 0 Å². The normalized spacial score (nSPS) is 19.2. The van der Waals surface area contributed by atoms with Crippen molar-refractivity contribution < 1.29 is 23.7 Å². The molecule has 0 amide bonds. The predicted octanol–water partition coefficient (Wildman–Crippen LogP) is 12.3. The molecule has 5 aliphatic rings. The number of hydrogen-bond acceptors (Lipinski definition) is 7. The summed E-state index contributed by atoms with van der Waals surface area (Å²) >= 11 is 0. The number of aryl methyl sites for hydroxylation is 4. The summed E-state index contributed by atoms with van der Waals surface area (Å²) in [5.41, 5.74) is 10.8. The fourth-order valence-electron chi connectivity index (χ4n) is 8.47. The molecule has 4 aliphatic heterocycles. The highest BCUT2D eigenvalue weighted by Gasteiger charge is 2.50. The van der Waals surface area contributed by atoms with Crippen LogP contribution in [0.4, 0.5) is 11.4 Å². The number of para-hydroxylation sites is 4. The van der Waals surface area contributed by atoms with Gasteiger partial charge < -0.3 is 33.5 Å². The van der Waals surface area contributed by atoms with Gasteiger partial charge in [0.25, 0.3) is 0 Å². The predicted molar refractivity (Wildman–Crippen MR) is 216 cm³/mol. The highest BCUT2D eigenvalue weighted by molar-refractivity contribution is 5.73. The van der Waals surface area contributed by atoms with Gasteiger partial charge >= 0.3 is 5.79 Å². The van der Waals surface area contributed by atoms with Gasteiger partial charge in [0.1, 0.15) is 41.2 Å². The minimum Gasteiger partial charge on any atom is -0.457 e. The molecule has 282 valence electrons. The van der Waals surface area contributed by atoms with Crippen LogP contribution < -0.4 is 14.5 Å². The molecule has 4 heterocycles. The van der Waals surface area contributed by atoms with E-state index >= 15 is 0 Å². The van der Waals surface area contributed by atoms with E-state index in [-0.39, 0.29) is 11.4 Å². The molecule has 9 rings (SSSR count). The van der Waals surface area contributed by atoms with Crippen LogP contribution in [-0.2, 0) is 24.7 Å². The summed E-state index contributed by atoms with van der Waals surface area (Å²) in [6.45, 7) is 19.5. The van der Waals surface area contributed by atoms with Gasteiger partial charge in [0.05, 0.1) is 11.1 Å². The van der Waals surface area contributed by atoms with Gasteiger partial charge in [-0.2, -0.15) is 0 Å². The number of ether oxygens (including phenoxy) is 5. The van der Waals surface area contributed by atoms with Crippen LogP contribution in [0, 0.1) is 27.7 Å². The second-order valence-electron chi connectivity index (χ2n) is 15.5. The first-order valence-corrected chi connectivity index (χ1v) is 19.2. The van der Waals surface area contributed by atoms with Crippen molar-refractivity contribution in [1.29, 1.82) is 0 Å². The van der Waals surface area contributed by atoms with Gasteiger partial charge in [-0.05, 0) is 122 Å². The molecule has 1 aliphatic carbocycles. The van der Waals surface area contributed by atoms with Crippen LogP contribution in [0.1, 0.15) is 100 Å². The molecule has 0 N–H and O–H groups in total. The number of rotatable bonds is 2. The minimum atomic E-state index is -0.917. The zero-order valence-electron chi connectivity index (χ0n) is 33.3. The average Bonchev–Trinajstić information content (AvgIpc) is 3.79. The first kappa shape index (κ1) is 37.0. The van der Waals surface area contributed by atoms with E-state index in [1.54, 1.807) is 12.5 Å². The summed E-state index contributed by atoms with van der Waals surface area (Å²) in [6, 6.07) is 28.7. The number of hydrogen-bond donors (Lipinski definition) is 0. The lowest BCUT2D eigenvalue weighted by Crippen LogP contribution is -2.50. The maximum absolute atomic E-state index is 6.13. The highest BCUT2D eigenvalue weighted by atomic mass is 16.7. The first-order chi connectivity index (χ1) is 25.9. The van der Waals surface area contributed by atoms with Crippen LogP contribution >= 0.6 is 0 Å². The average molecular weight is 727 g/mol. The zero-order valence-corrected chi connectivity index (χ0v) is 33.3. The SMILES string of the molecule is C1=COC2(CCCCC2)O1.CC1=C(C)OC2(O1)c1ccccc1Oc1ccccc12.CC1=CN(c2c(C)cccc2C)C(C)(C)N1c1c(C)cccc1C. The van der Waals surface area contributed by atoms with Crippen LogP contribution in [0.3, 0.4) is 0 Å². The molecule has 4 aromatic carbocycles. The lowest BCUT2D eigenvalue weighted by molar-refractivity contribution is -0.162. The number of fused-ring (bicyclic) bond motifs is 4. The second kappa shape index (κ2) is 14.5. The monoisotopic (exact) mass is 726 g/mol. The van der Waals surface area contributed by atoms with Crippen molar-refractivity contribution in [3.05, 3.63) is 154 Å². The third-order valence-electron chi connectivity index (χ3n) is 11.2. The molecule has 1 fully saturated rings. The van der Waals surface area contributed by atoms with E-state index in [2.05, 4.69) is 101 Å². The Hall–Kier alpha value is -5.30. The maximum Gasteiger partial charge on any atom is 0.312 e. The van der Waals surface area contributed by atoms with Crippen molar-refractivity contribution in [3.8, 4) is 11.5 Å². The van der Waals surface area contributed by atoms with Crippen LogP contribution in [0.2, 0.25) is 0 Å². The van der Waals surface area contributed by atoms with E-state index in [9.17, 15) is 0 Å². The third-order valence-corrected chi connectivity index (χ3v) is 11.2. The first-order valence-electron chi connectivity index (χ1n) is 19.2. The standard InChI is InChI=1S/C22H28N2.C17H14O3.C8H12O2/c1-15-10-8-11-16(2)20(15)23-14-19(5)24(22(23,6)7)21-17(3)12-9-13-18(21)4;1-11-12(2)20-17(19-11)13-7-3-5-9-15(13)18-16-10-6-4-8-14(16)17;1-2-4-8(5-3-1)9-6-7-10-8/h8-14H,1-7H3;3-10H,1-2H3;6-7H,1-5H2. The highest BCUT2D eigenvalue weighted by Crippen LogP contribution is 2.54. The molecule has 0 aromatic heterocycles. The van der Waals surface area contributed by atoms with E-state index < -0.39 is 5.79 Å². The molecule has 1 saturated carbocycles. The van der Waals surface area contributed by atoms with E-state index in [1.807, 2.05) is 62.4 Å². The summed E-state index contributed by atoms with van der Waals surface area (Å²) in [6.07, 6.45) is 11.5. The Bertz CT molecular complexity index is 2010. The zero-order chi connectivity index (χ0) is 38.3. The van der Waals surface area contributed by atoms with E-state index in [4.69, 9.17) is 23.7 Å². The Balaban J connectivity index is 0.000000134. The molecular formula is C47H54N2O5. The summed E-state index contributed by atoms with van der Waals surface area (Å²) in [5, 5.41) is 0. The third kappa shape index (κ3) is 6.59. The van der Waals surface area contributed by atoms with E-state index in [0.717, 1.165) is 47.0 Å². The molecule has 54 heavy (non-hydrogen) atoms. The van der Waals surface area contributed by atoms with E-state index in [1.165, 1.54) is 58.6 Å². The Kier molecular flexibility index (Phi) is 9.94. The second-order valence-corrected chi connectivity index (χ2v) is 15.5. The van der Waals surface area contributed by atoms with E-state index in [0.29, 0.717) is 0 Å².